The van der Waals surface area contributed by atoms with Crippen LogP contribution in [0.15, 0.2) is 72.3 Å². The number of aliphatic hydroxyl groups is 1. The van der Waals surface area contributed by atoms with Crippen LogP contribution < -0.4 is 9.64 Å². The van der Waals surface area contributed by atoms with Crippen LogP contribution in [0.3, 0.4) is 0 Å². The number of methoxy groups -OCH3 is 1. The number of aromatic nitrogens is 1. The van der Waals surface area contributed by atoms with E-state index in [4.69, 9.17) is 9.47 Å². The minimum absolute atomic E-state index is 0.153. The maximum atomic E-state index is 13.8. The van der Waals surface area contributed by atoms with E-state index in [0.29, 0.717) is 28.1 Å². The van der Waals surface area contributed by atoms with Crippen LogP contribution in [-0.4, -0.2) is 41.5 Å². The summed E-state index contributed by atoms with van der Waals surface area (Å²) in [5.74, 6) is -2.71. The number of hydrogen-bond acceptors (Lipinski definition) is 8. The zero-order valence-electron chi connectivity index (χ0n) is 20.3. The van der Waals surface area contributed by atoms with Crippen LogP contribution >= 0.6 is 11.3 Å². The Morgan fingerprint density at radius 1 is 1.08 bits per heavy atom. The second kappa shape index (κ2) is 10.1. The molecule has 0 radical (unpaired) electrons. The third-order valence-electron chi connectivity index (χ3n) is 6.06. The van der Waals surface area contributed by atoms with Gasteiger partial charge < -0.3 is 14.6 Å². The van der Waals surface area contributed by atoms with E-state index in [-0.39, 0.29) is 27.6 Å². The van der Waals surface area contributed by atoms with Crippen molar-refractivity contribution in [1.82, 2.24) is 4.98 Å². The van der Waals surface area contributed by atoms with E-state index in [2.05, 4.69) is 4.98 Å². The van der Waals surface area contributed by atoms with Crippen LogP contribution in [0, 0.1) is 5.82 Å². The van der Waals surface area contributed by atoms with Crippen molar-refractivity contribution < 1.29 is 33.4 Å². The van der Waals surface area contributed by atoms with Crippen molar-refractivity contribution in [2.45, 2.75) is 13.0 Å². The molecule has 4 aromatic rings. The highest BCUT2D eigenvalue weighted by atomic mass is 32.1. The average molecular weight is 533 g/mol. The molecule has 1 saturated heterocycles. The van der Waals surface area contributed by atoms with E-state index >= 15 is 0 Å². The first-order chi connectivity index (χ1) is 18.3. The molecule has 0 bridgehead atoms. The molecular formula is C28H21FN2O6S. The van der Waals surface area contributed by atoms with Crippen molar-refractivity contribution in [2.24, 2.45) is 0 Å². The highest BCUT2D eigenvalue weighted by Crippen LogP contribution is 2.44. The number of aliphatic hydroxyl groups excluding tert-OH is 1. The van der Waals surface area contributed by atoms with E-state index < -0.39 is 29.5 Å². The van der Waals surface area contributed by atoms with Gasteiger partial charge in [0.2, 0.25) is 0 Å². The Labute approximate surface area is 220 Å². The topological polar surface area (TPSA) is 106 Å². The number of hydrogen-bond donors (Lipinski definition) is 1. The summed E-state index contributed by atoms with van der Waals surface area (Å²) >= 11 is 1.05. The smallest absolute Gasteiger partial charge is 0.337 e. The van der Waals surface area contributed by atoms with Crippen LogP contribution in [0.2, 0.25) is 0 Å². The van der Waals surface area contributed by atoms with Gasteiger partial charge in [0, 0.05) is 5.56 Å². The van der Waals surface area contributed by atoms with Gasteiger partial charge in [-0.15, -0.1) is 0 Å². The number of esters is 1. The Balaban J connectivity index is 1.70. The third kappa shape index (κ3) is 4.39. The molecule has 5 rings (SSSR count). The Morgan fingerprint density at radius 3 is 2.55 bits per heavy atom. The van der Waals surface area contributed by atoms with E-state index in [0.717, 1.165) is 11.3 Å². The minimum atomic E-state index is -1.07. The van der Waals surface area contributed by atoms with Crippen molar-refractivity contribution in [3.05, 3.63) is 94.8 Å². The molecule has 38 heavy (non-hydrogen) atoms. The summed E-state index contributed by atoms with van der Waals surface area (Å²) in [6, 6.07) is 15.7. The fraction of sp³-hybridized carbons (Fsp3) is 0.143. The van der Waals surface area contributed by atoms with Gasteiger partial charge in [0.15, 0.2) is 5.13 Å². The molecule has 192 valence electrons. The van der Waals surface area contributed by atoms with Crippen LogP contribution in [0.1, 0.15) is 34.5 Å². The first kappa shape index (κ1) is 25.1. The molecular weight excluding hydrogens is 511 g/mol. The van der Waals surface area contributed by atoms with Crippen molar-refractivity contribution >= 4 is 50.1 Å². The minimum Gasteiger partial charge on any atom is -0.507 e. The molecule has 10 heteroatoms. The van der Waals surface area contributed by atoms with Crippen LogP contribution in [-0.2, 0) is 14.3 Å². The van der Waals surface area contributed by atoms with Crippen LogP contribution in [0.25, 0.3) is 16.0 Å². The summed E-state index contributed by atoms with van der Waals surface area (Å²) in [4.78, 5) is 44.4. The zero-order valence-corrected chi connectivity index (χ0v) is 21.1. The van der Waals surface area contributed by atoms with Gasteiger partial charge in [-0.3, -0.25) is 14.5 Å². The first-order valence-corrected chi connectivity index (χ1v) is 12.4. The number of Topliss-reactive ketones (excluding diaryl/α,β-unsaturated/α-hetero) is 1. The highest BCUT2D eigenvalue weighted by Gasteiger charge is 2.48. The number of halogens is 1. The molecule has 1 atom stereocenters. The lowest BCUT2D eigenvalue weighted by atomic mass is 9.94. The highest BCUT2D eigenvalue weighted by molar-refractivity contribution is 7.22. The summed E-state index contributed by atoms with van der Waals surface area (Å²) in [6.45, 7) is 2.22. The Kier molecular flexibility index (Phi) is 6.64. The predicted octanol–water partition coefficient (Wildman–Crippen LogP) is 5.25. The van der Waals surface area contributed by atoms with Gasteiger partial charge in [-0.05, 0) is 55.0 Å². The summed E-state index contributed by atoms with van der Waals surface area (Å²) in [7, 11) is 1.26. The number of anilines is 1. The second-order valence-corrected chi connectivity index (χ2v) is 9.36. The van der Waals surface area contributed by atoms with Crippen molar-refractivity contribution in [3.8, 4) is 5.75 Å². The third-order valence-corrected chi connectivity index (χ3v) is 7.07. The maximum Gasteiger partial charge on any atom is 0.337 e. The Bertz CT molecular complexity index is 1610. The molecule has 1 aliphatic heterocycles. The summed E-state index contributed by atoms with van der Waals surface area (Å²) in [5, 5.41) is 11.5. The van der Waals surface area contributed by atoms with Crippen molar-refractivity contribution in [2.75, 3.05) is 18.6 Å². The standard InChI is InChI=1S/C28H21FN2O6S/c1-3-37-19-6-4-5-17(13-19)24(32)22-23(15-7-9-16(10-8-15)27(35)36-2)31(26(34)25(22)33)28-30-20-12-11-18(29)14-21(20)38-28/h4-14,23,32H,3H2,1-2H3/b24-22+. The largest absolute Gasteiger partial charge is 0.507 e. The lowest BCUT2D eigenvalue weighted by molar-refractivity contribution is -0.132. The molecule has 1 aliphatic rings. The number of ketones is 1. The first-order valence-electron chi connectivity index (χ1n) is 11.6. The maximum absolute atomic E-state index is 13.8. The van der Waals surface area contributed by atoms with Gasteiger partial charge in [-0.2, -0.15) is 0 Å². The van der Waals surface area contributed by atoms with Gasteiger partial charge in [0.05, 0.1) is 41.1 Å². The molecule has 2 heterocycles. The average Bonchev–Trinajstić information content (AvgIpc) is 3.45. The van der Waals surface area contributed by atoms with Gasteiger partial charge >= 0.3 is 11.9 Å². The number of fused-ring (bicyclic) bond motifs is 1. The number of nitrogens with zero attached hydrogens (tertiary/aromatic N) is 2. The van der Waals surface area contributed by atoms with E-state index in [1.54, 1.807) is 36.4 Å². The summed E-state index contributed by atoms with van der Waals surface area (Å²) in [5.41, 5.74) is 1.31. The fourth-order valence-corrected chi connectivity index (χ4v) is 5.33. The molecule has 0 spiro atoms. The second-order valence-electron chi connectivity index (χ2n) is 8.35. The molecule has 1 unspecified atom stereocenters. The summed E-state index contributed by atoms with van der Waals surface area (Å²) < 4.78 is 24.6. The lowest BCUT2D eigenvalue weighted by Crippen LogP contribution is -2.29. The quantitative estimate of drug-likeness (QED) is 0.157. The number of thiazole rings is 1. The molecule has 0 aliphatic carbocycles. The van der Waals surface area contributed by atoms with E-state index in [1.165, 1.54) is 42.3 Å². The molecule has 1 amide bonds. The zero-order chi connectivity index (χ0) is 27.0. The molecule has 8 nitrogen and oxygen atoms in total. The van der Waals surface area contributed by atoms with Gasteiger partial charge in [0.1, 0.15) is 17.3 Å². The predicted molar refractivity (Wildman–Crippen MR) is 140 cm³/mol. The molecule has 1 aromatic heterocycles. The van der Waals surface area contributed by atoms with E-state index in [9.17, 15) is 23.9 Å². The van der Waals surface area contributed by atoms with E-state index in [1.807, 2.05) is 6.92 Å². The number of carbonyl (C=O) groups is 3. The number of carbonyl (C=O) groups excluding carboxylic acids is 3. The number of amides is 1. The normalized spacial score (nSPS) is 16.7. The van der Waals surface area contributed by atoms with Gasteiger partial charge in [-0.1, -0.05) is 35.6 Å². The van der Waals surface area contributed by atoms with Crippen LogP contribution in [0.5, 0.6) is 5.75 Å². The summed E-state index contributed by atoms with van der Waals surface area (Å²) in [6.07, 6.45) is 0. The number of ether oxygens (including phenoxy) is 2. The molecule has 1 N–H and O–H groups in total. The van der Waals surface area contributed by atoms with Crippen molar-refractivity contribution in [1.29, 1.82) is 0 Å². The van der Waals surface area contributed by atoms with Gasteiger partial charge in [0.25, 0.3) is 5.78 Å². The van der Waals surface area contributed by atoms with Gasteiger partial charge in [-0.25, -0.2) is 14.2 Å². The monoisotopic (exact) mass is 532 g/mol. The lowest BCUT2D eigenvalue weighted by Gasteiger charge is -2.23. The van der Waals surface area contributed by atoms with Crippen LogP contribution in [0.4, 0.5) is 9.52 Å². The molecule has 0 saturated carbocycles. The SMILES string of the molecule is CCOc1cccc(/C(O)=C2\C(=O)C(=O)N(c3nc4ccc(F)cc4s3)C2c2ccc(C(=O)OC)cc2)c1. The Hall–Kier alpha value is -4.57. The Morgan fingerprint density at radius 2 is 1.84 bits per heavy atom. The van der Waals surface area contributed by atoms with Crippen molar-refractivity contribution in [3.63, 3.8) is 0 Å². The number of benzene rings is 3. The fourth-order valence-electron chi connectivity index (χ4n) is 4.31. The molecule has 3 aromatic carbocycles. The number of rotatable bonds is 6. The molecule has 1 fully saturated rings.